The van der Waals surface area contributed by atoms with Gasteiger partial charge in [0.25, 0.3) is 5.91 Å². The summed E-state index contributed by atoms with van der Waals surface area (Å²) >= 11 is 0. The first-order valence-corrected chi connectivity index (χ1v) is 15.2. The normalized spacial score (nSPS) is 31.4. The predicted molar refractivity (Wildman–Crippen MR) is 151 cm³/mol. The molecule has 5 rings (SSSR count). The molecule has 0 spiro atoms. The first-order chi connectivity index (χ1) is 19.6. The van der Waals surface area contributed by atoms with Gasteiger partial charge in [-0.1, -0.05) is 13.3 Å². The number of carboxylic acid groups (broad SMARTS) is 1. The topological polar surface area (TPSA) is 138 Å². The van der Waals surface area contributed by atoms with Gasteiger partial charge < -0.3 is 25.2 Å². The Bertz CT molecular complexity index is 1220. The molecule has 4 atom stereocenters. The van der Waals surface area contributed by atoms with Crippen molar-refractivity contribution in [1.29, 1.82) is 5.26 Å². The Balaban J connectivity index is 1.31. The van der Waals surface area contributed by atoms with Crippen molar-refractivity contribution in [3.05, 3.63) is 23.3 Å². The zero-order valence-corrected chi connectivity index (χ0v) is 24.5. The van der Waals surface area contributed by atoms with Gasteiger partial charge in [0.1, 0.15) is 17.6 Å². The zero-order valence-electron chi connectivity index (χ0n) is 24.5. The van der Waals surface area contributed by atoms with Crippen LogP contribution in [0, 0.1) is 39.9 Å². The third kappa shape index (κ3) is 5.62. The first-order valence-electron chi connectivity index (χ1n) is 15.2. The molecule has 4 unspecified atom stereocenters. The van der Waals surface area contributed by atoms with Crippen LogP contribution >= 0.6 is 0 Å². The first kappa shape index (κ1) is 29.2. The highest BCUT2D eigenvalue weighted by molar-refractivity contribution is 5.98. The average Bonchev–Trinajstić information content (AvgIpc) is 3.55. The van der Waals surface area contributed by atoms with Gasteiger partial charge in [0.2, 0.25) is 5.91 Å². The number of amides is 2. The molecule has 222 valence electrons. The van der Waals surface area contributed by atoms with Gasteiger partial charge in [0, 0.05) is 18.7 Å². The molecule has 41 heavy (non-hydrogen) atoms. The lowest BCUT2D eigenvalue weighted by molar-refractivity contribution is -0.150. The maximum Gasteiger partial charge on any atom is 0.309 e. The predicted octanol–water partition coefficient (Wildman–Crippen LogP) is 4.82. The van der Waals surface area contributed by atoms with Crippen LogP contribution in [-0.4, -0.2) is 48.7 Å². The second-order valence-corrected chi connectivity index (χ2v) is 13.1. The van der Waals surface area contributed by atoms with Gasteiger partial charge >= 0.3 is 5.97 Å². The Hall–Kier alpha value is -3.28. The summed E-state index contributed by atoms with van der Waals surface area (Å²) in [4.78, 5) is 38.8. The van der Waals surface area contributed by atoms with Crippen molar-refractivity contribution in [3.63, 3.8) is 0 Å². The Morgan fingerprint density at radius 1 is 1.07 bits per heavy atom. The average molecular weight is 566 g/mol. The number of hydrogen-bond donors (Lipinski definition) is 3. The number of carbonyl (C=O) groups excluding carboxylic acids is 2. The summed E-state index contributed by atoms with van der Waals surface area (Å²) in [5.41, 5.74) is -0.0402. The van der Waals surface area contributed by atoms with E-state index in [1.807, 2.05) is 0 Å². The van der Waals surface area contributed by atoms with Crippen molar-refractivity contribution in [3.8, 4) is 17.6 Å². The molecule has 4 saturated carbocycles. The number of rotatable bonds is 10. The molecule has 4 fully saturated rings. The van der Waals surface area contributed by atoms with E-state index >= 15 is 0 Å². The van der Waals surface area contributed by atoms with Crippen molar-refractivity contribution in [2.24, 2.45) is 28.6 Å². The smallest absolute Gasteiger partial charge is 0.309 e. The maximum absolute atomic E-state index is 13.7. The van der Waals surface area contributed by atoms with Crippen molar-refractivity contribution in [1.82, 2.24) is 10.6 Å². The number of benzene rings is 1. The van der Waals surface area contributed by atoms with E-state index in [0.717, 1.165) is 38.5 Å². The molecule has 0 saturated heterocycles. The number of fused-ring (bicyclic) bond motifs is 2. The molecule has 4 aliphatic rings. The molecule has 0 aliphatic heterocycles. The van der Waals surface area contributed by atoms with Gasteiger partial charge in [-0.15, -0.1) is 0 Å². The highest BCUT2D eigenvalue weighted by Crippen LogP contribution is 2.49. The van der Waals surface area contributed by atoms with Crippen LogP contribution in [0.1, 0.15) is 100 Å². The number of nitriles is 1. The van der Waals surface area contributed by atoms with E-state index < -0.39 is 11.4 Å². The van der Waals surface area contributed by atoms with Crippen LogP contribution in [-0.2, 0) is 9.59 Å². The molecule has 0 aromatic heterocycles. The molecular formula is C32H43N3O6. The van der Waals surface area contributed by atoms with Crippen LogP contribution in [0.15, 0.2) is 12.1 Å². The fourth-order valence-corrected chi connectivity index (χ4v) is 7.66. The zero-order chi connectivity index (χ0) is 29.4. The standard InChI is InChI=1S/C32H43N3O6/c1-4-32(10-5-11-32)18-34-29(37)26-19-6-7-20(14-19)27(26)35-28(36)23-16-24(21(17-33)15-25(23)40-3)41-22-8-12-31(2,13-9-22)30(38)39/h15-16,19-20,22,26-27H,4-14,18H2,1-3H3,(H,34,37)(H,35,36)(H,38,39). The quantitative estimate of drug-likeness (QED) is 0.370. The summed E-state index contributed by atoms with van der Waals surface area (Å²) < 4.78 is 11.7. The van der Waals surface area contributed by atoms with Crippen LogP contribution in [0.3, 0.4) is 0 Å². The largest absolute Gasteiger partial charge is 0.496 e. The molecule has 4 aliphatic carbocycles. The minimum absolute atomic E-state index is 0.0451. The van der Waals surface area contributed by atoms with E-state index in [1.54, 1.807) is 13.0 Å². The summed E-state index contributed by atoms with van der Waals surface area (Å²) in [5.74, 6) is -0.276. The Morgan fingerprint density at radius 2 is 1.78 bits per heavy atom. The van der Waals surface area contributed by atoms with E-state index in [4.69, 9.17) is 9.47 Å². The number of hydrogen-bond acceptors (Lipinski definition) is 6. The van der Waals surface area contributed by atoms with Gasteiger partial charge in [-0.2, -0.15) is 5.26 Å². The number of ether oxygens (including phenoxy) is 2. The number of carbonyl (C=O) groups is 3. The molecule has 9 heteroatoms. The maximum atomic E-state index is 13.7. The SMILES string of the molecule is CCC1(CNC(=O)C2C3CCC(C3)C2NC(=O)c2cc(OC3CCC(C)(C(=O)O)CC3)c(C#N)cc2OC)CCC1. The fourth-order valence-electron chi connectivity index (χ4n) is 7.66. The van der Waals surface area contributed by atoms with Crippen LogP contribution in [0.4, 0.5) is 0 Å². The highest BCUT2D eigenvalue weighted by atomic mass is 16.5. The molecule has 2 bridgehead atoms. The Labute approximate surface area is 242 Å². The number of aliphatic carboxylic acids is 1. The van der Waals surface area contributed by atoms with Crippen LogP contribution in [0.2, 0.25) is 0 Å². The van der Waals surface area contributed by atoms with Gasteiger partial charge in [-0.25, -0.2) is 0 Å². The minimum Gasteiger partial charge on any atom is -0.496 e. The van der Waals surface area contributed by atoms with Crippen LogP contribution in [0.25, 0.3) is 0 Å². The van der Waals surface area contributed by atoms with Gasteiger partial charge in [-0.05, 0) is 94.4 Å². The molecule has 1 aromatic carbocycles. The summed E-state index contributed by atoms with van der Waals surface area (Å²) in [6.07, 6.45) is 9.33. The minimum atomic E-state index is -0.808. The van der Waals surface area contributed by atoms with Gasteiger partial charge in [-0.3, -0.25) is 14.4 Å². The second kappa shape index (κ2) is 11.5. The van der Waals surface area contributed by atoms with E-state index in [0.29, 0.717) is 32.2 Å². The fraction of sp³-hybridized carbons (Fsp3) is 0.688. The number of carboxylic acids is 1. The van der Waals surface area contributed by atoms with E-state index in [1.165, 1.54) is 19.6 Å². The monoisotopic (exact) mass is 565 g/mol. The van der Waals surface area contributed by atoms with Crippen molar-refractivity contribution in [2.75, 3.05) is 13.7 Å². The second-order valence-electron chi connectivity index (χ2n) is 13.1. The third-order valence-electron chi connectivity index (χ3n) is 10.8. The van der Waals surface area contributed by atoms with Gasteiger partial charge in [0.15, 0.2) is 0 Å². The molecule has 1 aromatic rings. The van der Waals surface area contributed by atoms with E-state index in [9.17, 15) is 24.8 Å². The summed E-state index contributed by atoms with van der Waals surface area (Å²) in [7, 11) is 1.46. The van der Waals surface area contributed by atoms with E-state index in [2.05, 4.69) is 23.6 Å². The lowest BCUT2D eigenvalue weighted by Crippen LogP contribution is -2.52. The molecule has 2 amide bonds. The summed E-state index contributed by atoms with van der Waals surface area (Å²) in [6, 6.07) is 4.95. The van der Waals surface area contributed by atoms with Crippen LogP contribution in [0.5, 0.6) is 11.5 Å². The molecular weight excluding hydrogens is 522 g/mol. The van der Waals surface area contributed by atoms with Crippen molar-refractivity contribution >= 4 is 17.8 Å². The lowest BCUT2D eigenvalue weighted by atomic mass is 9.67. The molecule has 9 nitrogen and oxygen atoms in total. The molecule has 0 heterocycles. The highest BCUT2D eigenvalue weighted by Gasteiger charge is 2.52. The Morgan fingerprint density at radius 3 is 2.37 bits per heavy atom. The Kier molecular flexibility index (Phi) is 8.22. The summed E-state index contributed by atoms with van der Waals surface area (Å²) in [6.45, 7) is 4.64. The van der Waals surface area contributed by atoms with Crippen LogP contribution < -0.4 is 20.1 Å². The molecule has 0 radical (unpaired) electrons. The summed E-state index contributed by atoms with van der Waals surface area (Å²) in [5, 5.41) is 25.8. The van der Waals surface area contributed by atoms with Crippen molar-refractivity contribution < 1.29 is 29.0 Å². The number of nitrogens with zero attached hydrogens (tertiary/aromatic N) is 1. The van der Waals surface area contributed by atoms with E-state index in [-0.39, 0.29) is 69.8 Å². The third-order valence-corrected chi connectivity index (χ3v) is 10.8. The number of methoxy groups -OCH3 is 1. The number of nitrogens with one attached hydrogen (secondary N) is 2. The lowest BCUT2D eigenvalue weighted by Gasteiger charge is -2.42. The molecule has 3 N–H and O–H groups in total. The van der Waals surface area contributed by atoms with Crippen molar-refractivity contribution in [2.45, 2.75) is 96.6 Å². The van der Waals surface area contributed by atoms with Gasteiger partial charge in [0.05, 0.1) is 35.7 Å².